The third-order valence-corrected chi connectivity index (χ3v) is 7.88. The highest BCUT2D eigenvalue weighted by Crippen LogP contribution is 2.39. The maximum absolute atomic E-state index is 13.9. The second-order valence-corrected chi connectivity index (χ2v) is 10.2. The van der Waals surface area contributed by atoms with Crippen LogP contribution in [-0.4, -0.2) is 72.9 Å². The zero-order valence-electron chi connectivity index (χ0n) is 22.7. The summed E-state index contributed by atoms with van der Waals surface area (Å²) in [6, 6.07) is 20.6. The van der Waals surface area contributed by atoms with Gasteiger partial charge in [-0.1, -0.05) is 24.3 Å². The summed E-state index contributed by atoms with van der Waals surface area (Å²) in [4.78, 5) is 43.9. The fraction of sp³-hybridized carbons (Fsp3) is 0.323. The molecule has 0 radical (unpaired) electrons. The van der Waals surface area contributed by atoms with Gasteiger partial charge in [0.2, 0.25) is 12.7 Å². The van der Waals surface area contributed by atoms with Gasteiger partial charge in [-0.2, -0.15) is 0 Å². The molecule has 1 N–H and O–H groups in total. The number of carbonyl (C=O) groups is 3. The third kappa shape index (κ3) is 5.18. The molecule has 0 saturated carbocycles. The smallest absolute Gasteiger partial charge is 0.256 e. The number of nitrogens with one attached hydrogen (secondary N) is 1. The zero-order valence-corrected chi connectivity index (χ0v) is 22.7. The molecule has 6 rings (SSSR count). The highest BCUT2D eigenvalue weighted by Gasteiger charge is 2.54. The van der Waals surface area contributed by atoms with Gasteiger partial charge in [-0.15, -0.1) is 0 Å². The molecule has 41 heavy (non-hydrogen) atoms. The van der Waals surface area contributed by atoms with E-state index in [0.29, 0.717) is 54.3 Å². The molecular weight excluding hydrogens is 526 g/mol. The fourth-order valence-corrected chi connectivity index (χ4v) is 5.62. The topological polar surface area (TPSA) is 107 Å². The second kappa shape index (κ2) is 11.1. The molecule has 212 valence electrons. The van der Waals surface area contributed by atoms with E-state index in [4.69, 9.17) is 18.9 Å². The number of ether oxygens (including phenoxy) is 4. The van der Waals surface area contributed by atoms with Crippen LogP contribution < -0.4 is 19.5 Å². The molecular formula is C31H31N3O7. The van der Waals surface area contributed by atoms with Gasteiger partial charge in [-0.25, -0.2) is 0 Å². The van der Waals surface area contributed by atoms with Crippen molar-refractivity contribution in [1.82, 2.24) is 15.1 Å². The molecule has 0 bridgehead atoms. The van der Waals surface area contributed by atoms with Crippen LogP contribution in [0.3, 0.4) is 0 Å². The van der Waals surface area contributed by atoms with E-state index < -0.39 is 11.8 Å². The van der Waals surface area contributed by atoms with Gasteiger partial charge in [0, 0.05) is 43.6 Å². The average molecular weight is 558 g/mol. The molecule has 10 heteroatoms. The molecule has 3 amide bonds. The van der Waals surface area contributed by atoms with Gasteiger partial charge in [0.15, 0.2) is 11.5 Å². The van der Waals surface area contributed by atoms with Crippen LogP contribution in [0.5, 0.6) is 17.2 Å². The number of benzene rings is 3. The van der Waals surface area contributed by atoms with Crippen molar-refractivity contribution in [3.63, 3.8) is 0 Å². The molecule has 3 aromatic rings. The maximum atomic E-state index is 13.9. The summed E-state index contributed by atoms with van der Waals surface area (Å²) in [6.07, 6.45) is 0.777. The normalized spacial score (nSPS) is 18.8. The Morgan fingerprint density at radius 1 is 0.902 bits per heavy atom. The summed E-state index contributed by atoms with van der Waals surface area (Å²) in [6.45, 7) is 1.27. The van der Waals surface area contributed by atoms with Crippen molar-refractivity contribution in [2.45, 2.75) is 31.2 Å². The molecule has 2 fully saturated rings. The van der Waals surface area contributed by atoms with E-state index in [9.17, 15) is 14.4 Å². The van der Waals surface area contributed by atoms with Crippen LogP contribution >= 0.6 is 0 Å². The number of rotatable bonds is 6. The largest absolute Gasteiger partial charge is 0.497 e. The summed E-state index contributed by atoms with van der Waals surface area (Å²) < 4.78 is 22.3. The van der Waals surface area contributed by atoms with Crippen LogP contribution in [0.25, 0.3) is 0 Å². The fourth-order valence-electron chi connectivity index (χ4n) is 5.62. The summed E-state index contributed by atoms with van der Waals surface area (Å²) >= 11 is 0. The molecule has 2 saturated heterocycles. The number of likely N-dealkylation sites (tertiary alicyclic amines) is 1. The molecule has 0 aliphatic carbocycles. The van der Waals surface area contributed by atoms with Crippen LogP contribution in [-0.2, 0) is 16.1 Å². The van der Waals surface area contributed by atoms with Crippen LogP contribution in [0.2, 0.25) is 0 Å². The molecule has 1 atom stereocenters. The Hall–Kier alpha value is -4.57. The average Bonchev–Trinajstić information content (AvgIpc) is 3.64. The molecule has 3 heterocycles. The van der Waals surface area contributed by atoms with E-state index >= 15 is 0 Å². The molecule has 3 aliphatic rings. The van der Waals surface area contributed by atoms with Gasteiger partial charge in [-0.05, 0) is 54.1 Å². The molecule has 3 aromatic carbocycles. The van der Waals surface area contributed by atoms with Crippen molar-refractivity contribution in [1.29, 1.82) is 0 Å². The molecule has 10 nitrogen and oxygen atoms in total. The van der Waals surface area contributed by atoms with Crippen molar-refractivity contribution in [2.75, 3.05) is 33.6 Å². The maximum Gasteiger partial charge on any atom is 0.256 e. The van der Waals surface area contributed by atoms with Crippen molar-refractivity contribution in [3.8, 4) is 17.2 Å². The van der Waals surface area contributed by atoms with Gasteiger partial charge in [0.1, 0.15) is 17.5 Å². The van der Waals surface area contributed by atoms with Crippen molar-refractivity contribution >= 4 is 17.7 Å². The highest BCUT2D eigenvalue weighted by atomic mass is 16.7. The Kier molecular flexibility index (Phi) is 7.23. The number of fused-ring (bicyclic) bond motifs is 1. The van der Waals surface area contributed by atoms with Gasteiger partial charge in [-0.3, -0.25) is 19.3 Å². The van der Waals surface area contributed by atoms with E-state index in [-0.39, 0.29) is 37.7 Å². The Morgan fingerprint density at radius 3 is 2.34 bits per heavy atom. The molecule has 1 unspecified atom stereocenters. The summed E-state index contributed by atoms with van der Waals surface area (Å²) in [5.74, 6) is 1.30. The van der Waals surface area contributed by atoms with Crippen LogP contribution in [0.4, 0.5) is 0 Å². The quantitative estimate of drug-likeness (QED) is 0.496. The lowest BCUT2D eigenvalue weighted by molar-refractivity contribution is -0.128. The predicted molar refractivity (Wildman–Crippen MR) is 148 cm³/mol. The minimum atomic E-state index is -0.996. The Labute approximate surface area is 237 Å². The predicted octanol–water partition coefficient (Wildman–Crippen LogP) is 3.21. The number of piperidine rings is 1. The highest BCUT2D eigenvalue weighted by molar-refractivity contribution is 5.98. The first-order valence-electron chi connectivity index (χ1n) is 13.6. The van der Waals surface area contributed by atoms with Gasteiger partial charge < -0.3 is 29.2 Å². The SMILES string of the molecule is COc1ccc(C(=O)N2CCC3(CC2)OCC(C(=O)NCc2ccc4c(c2)OCO4)N3C(=O)c2ccccc2)cc1. The summed E-state index contributed by atoms with van der Waals surface area (Å²) in [5.41, 5.74) is 0.891. The first-order valence-corrected chi connectivity index (χ1v) is 13.6. The minimum absolute atomic E-state index is 0.0674. The minimum Gasteiger partial charge on any atom is -0.497 e. The number of hydrogen-bond donors (Lipinski definition) is 1. The number of hydrogen-bond acceptors (Lipinski definition) is 7. The summed E-state index contributed by atoms with van der Waals surface area (Å²) in [5, 5.41) is 2.96. The first-order chi connectivity index (χ1) is 20.0. The van der Waals surface area contributed by atoms with Crippen molar-refractivity contribution in [2.24, 2.45) is 0 Å². The molecule has 0 aromatic heterocycles. The third-order valence-electron chi connectivity index (χ3n) is 7.88. The lowest BCUT2D eigenvalue weighted by Crippen LogP contribution is -2.59. The Bertz CT molecular complexity index is 1440. The van der Waals surface area contributed by atoms with Crippen LogP contribution in [0.15, 0.2) is 72.8 Å². The lowest BCUT2D eigenvalue weighted by Gasteiger charge is -2.44. The standard InChI is InChI=1S/C31H31N3O7/c1-38-24-10-8-23(9-11-24)29(36)33-15-13-31(14-16-33)34(30(37)22-5-3-2-4-6-22)25(19-41-31)28(35)32-18-21-7-12-26-27(17-21)40-20-39-26/h2-12,17,25H,13-16,18-20H2,1H3,(H,32,35). The Balaban J connectivity index is 1.18. The van der Waals surface area contributed by atoms with Gasteiger partial charge in [0.25, 0.3) is 11.8 Å². The van der Waals surface area contributed by atoms with E-state index in [1.807, 2.05) is 24.3 Å². The van der Waals surface area contributed by atoms with Crippen molar-refractivity contribution < 1.29 is 33.3 Å². The van der Waals surface area contributed by atoms with E-state index in [1.54, 1.807) is 65.4 Å². The Morgan fingerprint density at radius 2 is 1.61 bits per heavy atom. The van der Waals surface area contributed by atoms with E-state index in [1.165, 1.54) is 0 Å². The number of nitrogens with zero attached hydrogens (tertiary/aromatic N) is 2. The zero-order chi connectivity index (χ0) is 28.4. The monoisotopic (exact) mass is 557 g/mol. The van der Waals surface area contributed by atoms with E-state index in [0.717, 1.165) is 5.56 Å². The van der Waals surface area contributed by atoms with Gasteiger partial charge in [0.05, 0.1) is 13.7 Å². The van der Waals surface area contributed by atoms with Gasteiger partial charge >= 0.3 is 0 Å². The van der Waals surface area contributed by atoms with E-state index in [2.05, 4.69) is 5.32 Å². The lowest BCUT2D eigenvalue weighted by atomic mass is 9.96. The molecule has 1 spiro atoms. The number of amides is 3. The first kappa shape index (κ1) is 26.6. The van der Waals surface area contributed by atoms with Crippen LogP contribution in [0, 0.1) is 0 Å². The van der Waals surface area contributed by atoms with Crippen LogP contribution in [0.1, 0.15) is 39.1 Å². The second-order valence-electron chi connectivity index (χ2n) is 10.2. The molecule has 3 aliphatic heterocycles. The number of carbonyl (C=O) groups excluding carboxylic acids is 3. The summed E-state index contributed by atoms with van der Waals surface area (Å²) in [7, 11) is 1.58. The number of methoxy groups -OCH3 is 1. The van der Waals surface area contributed by atoms with Crippen molar-refractivity contribution in [3.05, 3.63) is 89.5 Å².